The molecule has 3 rings (SSSR count). The average molecular weight is 258 g/mol. The number of aromatic nitrogens is 1. The van der Waals surface area contributed by atoms with Gasteiger partial charge in [-0.05, 0) is 35.7 Å². The summed E-state index contributed by atoms with van der Waals surface area (Å²) in [6.07, 6.45) is 2.75. The van der Waals surface area contributed by atoms with Gasteiger partial charge < -0.3 is 10.3 Å². The summed E-state index contributed by atoms with van der Waals surface area (Å²) in [7, 11) is 0. The summed E-state index contributed by atoms with van der Waals surface area (Å²) in [4.78, 5) is 6.35. The topological polar surface area (TPSA) is 54.2 Å². The number of nitrogens with zero attached hydrogens (tertiary/aromatic N) is 2. The second kappa shape index (κ2) is 4.85. The maximum atomic E-state index is 13.3. The minimum Gasteiger partial charge on any atom is -0.367 e. The molecular weight excluding hydrogens is 243 g/mol. The van der Waals surface area contributed by atoms with Gasteiger partial charge in [-0.1, -0.05) is 12.1 Å². The Bertz CT molecular complexity index is 582. The molecule has 98 valence electrons. The van der Waals surface area contributed by atoms with Gasteiger partial charge >= 0.3 is 0 Å². The number of hydrogen-bond donors (Lipinski definition) is 2. The summed E-state index contributed by atoms with van der Waals surface area (Å²) in [5.74, 6) is 5.73. The van der Waals surface area contributed by atoms with Gasteiger partial charge in [0.1, 0.15) is 11.6 Å². The standard InChI is InChI=1S/C14H15FN4/c15-12-3-2-11-5-6-19(13(11)7-12)9-10-1-4-14(18-16)17-8-10/h1-4,7-8H,5-6,9,16H2,(H,17,18). The highest BCUT2D eigenvalue weighted by molar-refractivity contribution is 5.58. The van der Waals surface area contributed by atoms with Gasteiger partial charge in [-0.25, -0.2) is 15.2 Å². The third kappa shape index (κ3) is 2.37. The van der Waals surface area contributed by atoms with Gasteiger partial charge in [-0.3, -0.25) is 0 Å². The summed E-state index contributed by atoms with van der Waals surface area (Å²) in [6, 6.07) is 8.79. The Morgan fingerprint density at radius 1 is 1.32 bits per heavy atom. The van der Waals surface area contributed by atoms with E-state index in [1.807, 2.05) is 18.2 Å². The first-order valence-corrected chi connectivity index (χ1v) is 6.21. The Labute approximate surface area is 111 Å². The van der Waals surface area contributed by atoms with E-state index < -0.39 is 0 Å². The predicted octanol–water partition coefficient (Wildman–Crippen LogP) is 2.07. The molecule has 0 saturated carbocycles. The SMILES string of the molecule is NNc1ccc(CN2CCc3ccc(F)cc32)cn1. The molecule has 1 aromatic carbocycles. The smallest absolute Gasteiger partial charge is 0.139 e. The number of nitrogens with one attached hydrogen (secondary N) is 1. The molecule has 0 bridgehead atoms. The molecule has 0 radical (unpaired) electrons. The molecular formula is C14H15FN4. The van der Waals surface area contributed by atoms with Gasteiger partial charge in [0.2, 0.25) is 0 Å². The van der Waals surface area contributed by atoms with E-state index in [1.54, 1.807) is 12.3 Å². The van der Waals surface area contributed by atoms with E-state index in [-0.39, 0.29) is 5.82 Å². The lowest BCUT2D eigenvalue weighted by Crippen LogP contribution is -2.20. The van der Waals surface area contributed by atoms with Crippen molar-refractivity contribution < 1.29 is 4.39 Å². The fourth-order valence-corrected chi connectivity index (χ4v) is 2.41. The van der Waals surface area contributed by atoms with Crippen LogP contribution in [0.1, 0.15) is 11.1 Å². The molecule has 4 nitrogen and oxygen atoms in total. The van der Waals surface area contributed by atoms with Crippen molar-refractivity contribution in [3.8, 4) is 0 Å². The zero-order valence-corrected chi connectivity index (χ0v) is 10.4. The minimum absolute atomic E-state index is 0.188. The van der Waals surface area contributed by atoms with Gasteiger partial charge in [0, 0.05) is 25.0 Å². The van der Waals surface area contributed by atoms with Crippen molar-refractivity contribution in [1.29, 1.82) is 0 Å². The van der Waals surface area contributed by atoms with Crippen molar-refractivity contribution >= 4 is 11.5 Å². The monoisotopic (exact) mass is 258 g/mol. The maximum Gasteiger partial charge on any atom is 0.139 e. The molecule has 2 heterocycles. The second-order valence-electron chi connectivity index (χ2n) is 4.64. The zero-order chi connectivity index (χ0) is 13.2. The Kier molecular flexibility index (Phi) is 3.05. The van der Waals surface area contributed by atoms with Crippen LogP contribution in [0.2, 0.25) is 0 Å². The third-order valence-electron chi connectivity index (χ3n) is 3.39. The lowest BCUT2D eigenvalue weighted by molar-refractivity contribution is 0.627. The van der Waals surface area contributed by atoms with Crippen molar-refractivity contribution in [3.05, 3.63) is 53.5 Å². The Balaban J connectivity index is 1.80. The molecule has 0 saturated heterocycles. The molecule has 2 aromatic rings. The van der Waals surface area contributed by atoms with Crippen LogP contribution in [-0.2, 0) is 13.0 Å². The van der Waals surface area contributed by atoms with E-state index in [1.165, 1.54) is 11.6 Å². The van der Waals surface area contributed by atoms with Crippen molar-refractivity contribution in [2.45, 2.75) is 13.0 Å². The van der Waals surface area contributed by atoms with Gasteiger partial charge in [-0.2, -0.15) is 0 Å². The first kappa shape index (κ1) is 11.9. The lowest BCUT2D eigenvalue weighted by Gasteiger charge is -2.19. The number of nitrogen functional groups attached to an aromatic ring is 1. The third-order valence-corrected chi connectivity index (χ3v) is 3.39. The molecule has 0 spiro atoms. The van der Waals surface area contributed by atoms with Crippen LogP contribution in [0.5, 0.6) is 0 Å². The fraction of sp³-hybridized carbons (Fsp3) is 0.214. The number of hydrazine groups is 1. The molecule has 1 aromatic heterocycles. The number of rotatable bonds is 3. The Hall–Kier alpha value is -2.14. The highest BCUT2D eigenvalue weighted by Gasteiger charge is 2.19. The lowest BCUT2D eigenvalue weighted by atomic mass is 10.1. The molecule has 5 heteroatoms. The number of hydrogen-bond acceptors (Lipinski definition) is 4. The molecule has 3 N–H and O–H groups in total. The first-order valence-electron chi connectivity index (χ1n) is 6.21. The summed E-state index contributed by atoms with van der Waals surface area (Å²) in [5.41, 5.74) is 5.77. The van der Waals surface area contributed by atoms with Crippen LogP contribution < -0.4 is 16.2 Å². The Morgan fingerprint density at radius 3 is 2.95 bits per heavy atom. The van der Waals surface area contributed by atoms with Crippen LogP contribution in [0.3, 0.4) is 0 Å². The zero-order valence-electron chi connectivity index (χ0n) is 10.4. The van der Waals surface area contributed by atoms with Crippen molar-refractivity contribution in [1.82, 2.24) is 4.98 Å². The molecule has 0 fully saturated rings. The summed E-state index contributed by atoms with van der Waals surface area (Å²) in [6.45, 7) is 1.64. The molecule has 0 atom stereocenters. The number of benzene rings is 1. The van der Waals surface area contributed by atoms with Gasteiger partial charge in [0.05, 0.1) is 0 Å². The van der Waals surface area contributed by atoms with Crippen LogP contribution in [0.4, 0.5) is 15.9 Å². The highest BCUT2D eigenvalue weighted by atomic mass is 19.1. The van der Waals surface area contributed by atoms with Gasteiger partial charge in [-0.15, -0.1) is 0 Å². The molecule has 0 unspecified atom stereocenters. The van der Waals surface area contributed by atoms with Gasteiger partial charge in [0.15, 0.2) is 0 Å². The van der Waals surface area contributed by atoms with E-state index in [2.05, 4.69) is 15.3 Å². The number of fused-ring (bicyclic) bond motifs is 1. The van der Waals surface area contributed by atoms with Crippen LogP contribution in [-0.4, -0.2) is 11.5 Å². The molecule has 0 aliphatic carbocycles. The minimum atomic E-state index is -0.188. The van der Waals surface area contributed by atoms with Gasteiger partial charge in [0.25, 0.3) is 0 Å². The van der Waals surface area contributed by atoms with Crippen LogP contribution in [0.15, 0.2) is 36.5 Å². The number of nitrogens with two attached hydrogens (primary N) is 1. The van der Waals surface area contributed by atoms with Crippen LogP contribution in [0, 0.1) is 5.82 Å². The molecule has 19 heavy (non-hydrogen) atoms. The summed E-state index contributed by atoms with van der Waals surface area (Å²) in [5, 5.41) is 0. The molecule has 0 amide bonds. The Morgan fingerprint density at radius 2 is 2.21 bits per heavy atom. The highest BCUT2D eigenvalue weighted by Crippen LogP contribution is 2.29. The average Bonchev–Trinajstić information content (AvgIpc) is 2.82. The molecule has 1 aliphatic rings. The summed E-state index contributed by atoms with van der Waals surface area (Å²) >= 11 is 0. The van der Waals surface area contributed by atoms with E-state index in [0.717, 1.165) is 30.8 Å². The first-order chi connectivity index (χ1) is 9.26. The van der Waals surface area contributed by atoms with Crippen LogP contribution >= 0.6 is 0 Å². The number of anilines is 2. The fourth-order valence-electron chi connectivity index (χ4n) is 2.41. The van der Waals surface area contributed by atoms with Crippen molar-refractivity contribution in [2.75, 3.05) is 16.9 Å². The quantitative estimate of drug-likeness (QED) is 0.653. The maximum absolute atomic E-state index is 13.3. The second-order valence-corrected chi connectivity index (χ2v) is 4.64. The largest absolute Gasteiger partial charge is 0.367 e. The molecule has 1 aliphatic heterocycles. The van der Waals surface area contributed by atoms with E-state index in [0.29, 0.717) is 5.82 Å². The normalized spacial score (nSPS) is 13.5. The van der Waals surface area contributed by atoms with Crippen molar-refractivity contribution in [3.63, 3.8) is 0 Å². The van der Waals surface area contributed by atoms with Crippen molar-refractivity contribution in [2.24, 2.45) is 5.84 Å². The van der Waals surface area contributed by atoms with E-state index >= 15 is 0 Å². The van der Waals surface area contributed by atoms with Crippen LogP contribution in [0.25, 0.3) is 0 Å². The summed E-state index contributed by atoms with van der Waals surface area (Å²) < 4.78 is 13.3. The van der Waals surface area contributed by atoms with E-state index in [4.69, 9.17) is 5.84 Å². The number of pyridine rings is 1. The van der Waals surface area contributed by atoms with E-state index in [9.17, 15) is 4.39 Å². The predicted molar refractivity (Wildman–Crippen MR) is 73.2 cm³/mol. The number of halogens is 1.